The highest BCUT2D eigenvalue weighted by Crippen LogP contribution is 2.24. The molecule has 0 amide bonds. The summed E-state index contributed by atoms with van der Waals surface area (Å²) >= 11 is 1.52. The Kier molecular flexibility index (Phi) is 3.08. The number of rotatable bonds is 3. The van der Waals surface area contributed by atoms with Gasteiger partial charge in [-0.15, -0.1) is 0 Å². The molecule has 3 aromatic heterocycles. The Labute approximate surface area is 134 Å². The Hall–Kier alpha value is -2.81. The third-order valence-electron chi connectivity index (χ3n) is 3.50. The fourth-order valence-electron chi connectivity index (χ4n) is 2.41. The lowest BCUT2D eigenvalue weighted by molar-refractivity contribution is 0.814. The van der Waals surface area contributed by atoms with Gasteiger partial charge >= 0.3 is 0 Å². The standard InChI is InChI=1S/C14H13N7OS/c1-20-10-5-3-2-4-9(10)17-14(20)23-7-8-6-11(22)21-13(16-8)18-12(15)19-21/h2-6H,7H2,1H3,(H3,15,16,18,19). The van der Waals surface area contributed by atoms with Crippen molar-refractivity contribution in [1.82, 2.24) is 29.1 Å². The first-order valence-corrected chi connectivity index (χ1v) is 7.89. The van der Waals surface area contributed by atoms with Gasteiger partial charge in [-0.3, -0.25) is 9.89 Å². The van der Waals surface area contributed by atoms with Gasteiger partial charge in [-0.05, 0) is 12.1 Å². The van der Waals surface area contributed by atoms with E-state index in [0.717, 1.165) is 16.2 Å². The lowest BCUT2D eigenvalue weighted by atomic mass is 10.3. The lowest BCUT2D eigenvalue weighted by Gasteiger charge is -2.02. The maximum Gasteiger partial charge on any atom is 0.274 e. The molecule has 0 aliphatic heterocycles. The number of para-hydroxylation sites is 2. The van der Waals surface area contributed by atoms with Crippen LogP contribution in [0.25, 0.3) is 16.8 Å². The SMILES string of the molecule is Cn1c(SCc2cc(=O)n3[nH]c(N)nc3n2)nc2ccccc21. The van der Waals surface area contributed by atoms with Gasteiger partial charge in [0.15, 0.2) is 5.16 Å². The van der Waals surface area contributed by atoms with Crippen molar-refractivity contribution in [1.29, 1.82) is 0 Å². The Morgan fingerprint density at radius 3 is 2.91 bits per heavy atom. The van der Waals surface area contributed by atoms with Crippen molar-refractivity contribution in [3.05, 3.63) is 46.4 Å². The molecule has 23 heavy (non-hydrogen) atoms. The molecule has 116 valence electrons. The van der Waals surface area contributed by atoms with Gasteiger partial charge in [0.1, 0.15) is 0 Å². The fourth-order valence-corrected chi connectivity index (χ4v) is 3.29. The summed E-state index contributed by atoms with van der Waals surface area (Å²) in [6.45, 7) is 0. The Morgan fingerprint density at radius 1 is 1.26 bits per heavy atom. The second kappa shape index (κ2) is 5.13. The third kappa shape index (κ3) is 2.34. The number of fused-ring (bicyclic) bond motifs is 2. The number of imidazole rings is 1. The maximum absolute atomic E-state index is 12.0. The van der Waals surface area contributed by atoms with Crippen LogP contribution in [0.1, 0.15) is 5.69 Å². The molecular weight excluding hydrogens is 314 g/mol. The molecule has 3 heterocycles. The van der Waals surface area contributed by atoms with Gasteiger partial charge in [-0.25, -0.2) is 9.97 Å². The van der Waals surface area contributed by atoms with Crippen molar-refractivity contribution in [2.24, 2.45) is 7.05 Å². The fraction of sp³-hybridized carbons (Fsp3) is 0.143. The molecule has 4 aromatic rings. The summed E-state index contributed by atoms with van der Waals surface area (Å²) in [6.07, 6.45) is 0. The van der Waals surface area contributed by atoms with E-state index in [2.05, 4.69) is 20.1 Å². The zero-order valence-corrected chi connectivity index (χ0v) is 13.0. The van der Waals surface area contributed by atoms with Crippen LogP contribution >= 0.6 is 11.8 Å². The molecule has 0 bridgehead atoms. The van der Waals surface area contributed by atoms with Gasteiger partial charge in [0.25, 0.3) is 11.3 Å². The zero-order chi connectivity index (χ0) is 16.0. The molecule has 1 aromatic carbocycles. The van der Waals surface area contributed by atoms with E-state index in [4.69, 9.17) is 5.73 Å². The molecular formula is C14H13N7OS. The van der Waals surface area contributed by atoms with Crippen molar-refractivity contribution in [3.8, 4) is 0 Å². The summed E-state index contributed by atoms with van der Waals surface area (Å²) in [5.41, 5.74) is 7.97. The Balaban J connectivity index is 1.65. The Morgan fingerprint density at radius 2 is 2.09 bits per heavy atom. The number of H-pyrrole nitrogens is 1. The van der Waals surface area contributed by atoms with Crippen molar-refractivity contribution in [2.45, 2.75) is 10.9 Å². The topological polar surface area (TPSA) is 107 Å². The van der Waals surface area contributed by atoms with E-state index in [-0.39, 0.29) is 17.3 Å². The number of anilines is 1. The van der Waals surface area contributed by atoms with Crippen LogP contribution in [0.3, 0.4) is 0 Å². The first-order valence-electron chi connectivity index (χ1n) is 6.90. The molecule has 0 spiro atoms. The third-order valence-corrected chi connectivity index (χ3v) is 4.56. The number of aromatic amines is 1. The lowest BCUT2D eigenvalue weighted by Crippen LogP contribution is -2.15. The van der Waals surface area contributed by atoms with Crippen LogP contribution in [0.4, 0.5) is 5.95 Å². The average Bonchev–Trinajstić information content (AvgIpc) is 3.06. The Bertz CT molecular complexity index is 1080. The molecule has 0 unspecified atom stereocenters. The van der Waals surface area contributed by atoms with Gasteiger partial charge in [0, 0.05) is 18.9 Å². The second-order valence-electron chi connectivity index (χ2n) is 5.06. The number of nitrogen functional groups attached to an aromatic ring is 1. The number of nitrogens with two attached hydrogens (primary N) is 1. The number of hydrogen-bond donors (Lipinski definition) is 2. The van der Waals surface area contributed by atoms with E-state index < -0.39 is 0 Å². The highest BCUT2D eigenvalue weighted by atomic mass is 32.2. The van der Waals surface area contributed by atoms with Crippen LogP contribution in [-0.2, 0) is 12.8 Å². The molecule has 4 rings (SSSR count). The number of aryl methyl sites for hydroxylation is 1. The smallest absolute Gasteiger partial charge is 0.274 e. The van der Waals surface area contributed by atoms with Gasteiger partial charge in [-0.2, -0.15) is 9.50 Å². The van der Waals surface area contributed by atoms with E-state index in [0.29, 0.717) is 11.4 Å². The molecule has 0 atom stereocenters. The van der Waals surface area contributed by atoms with Crippen LogP contribution in [0.2, 0.25) is 0 Å². The first kappa shape index (κ1) is 13.8. The number of hydrogen-bond acceptors (Lipinski definition) is 6. The normalized spacial score (nSPS) is 11.5. The van der Waals surface area contributed by atoms with E-state index in [1.54, 1.807) is 0 Å². The van der Waals surface area contributed by atoms with Crippen molar-refractivity contribution in [3.63, 3.8) is 0 Å². The van der Waals surface area contributed by atoms with Gasteiger partial charge in [0.2, 0.25) is 5.95 Å². The van der Waals surface area contributed by atoms with E-state index in [1.807, 2.05) is 35.9 Å². The van der Waals surface area contributed by atoms with Crippen molar-refractivity contribution >= 4 is 34.5 Å². The summed E-state index contributed by atoms with van der Waals surface area (Å²) in [4.78, 5) is 24.9. The number of aromatic nitrogens is 6. The molecule has 3 N–H and O–H groups in total. The highest BCUT2D eigenvalue weighted by Gasteiger charge is 2.10. The maximum atomic E-state index is 12.0. The molecule has 8 nitrogen and oxygen atoms in total. The van der Waals surface area contributed by atoms with Crippen molar-refractivity contribution < 1.29 is 0 Å². The second-order valence-corrected chi connectivity index (χ2v) is 6.00. The number of nitrogens with one attached hydrogen (secondary N) is 1. The van der Waals surface area contributed by atoms with Crippen LogP contribution in [-0.4, -0.2) is 29.1 Å². The molecule has 0 radical (unpaired) electrons. The van der Waals surface area contributed by atoms with Crippen LogP contribution in [0.5, 0.6) is 0 Å². The minimum absolute atomic E-state index is 0.162. The minimum Gasteiger partial charge on any atom is -0.368 e. The van der Waals surface area contributed by atoms with Crippen LogP contribution < -0.4 is 11.3 Å². The van der Waals surface area contributed by atoms with Crippen LogP contribution in [0, 0.1) is 0 Å². The number of nitrogens with zero attached hydrogens (tertiary/aromatic N) is 5. The quantitative estimate of drug-likeness (QED) is 0.547. The summed E-state index contributed by atoms with van der Waals surface area (Å²) in [7, 11) is 1.97. The number of thioether (sulfide) groups is 1. The molecule has 9 heteroatoms. The van der Waals surface area contributed by atoms with Crippen molar-refractivity contribution in [2.75, 3.05) is 5.73 Å². The summed E-state index contributed by atoms with van der Waals surface area (Å²) in [5.74, 6) is 0.959. The first-order chi connectivity index (χ1) is 11.1. The monoisotopic (exact) mass is 327 g/mol. The summed E-state index contributed by atoms with van der Waals surface area (Å²) in [5, 5.41) is 3.51. The summed E-state index contributed by atoms with van der Waals surface area (Å²) in [6, 6.07) is 9.41. The molecule has 0 aliphatic rings. The predicted molar refractivity (Wildman–Crippen MR) is 88.3 cm³/mol. The average molecular weight is 327 g/mol. The van der Waals surface area contributed by atoms with Crippen LogP contribution in [0.15, 0.2) is 40.3 Å². The largest absolute Gasteiger partial charge is 0.368 e. The predicted octanol–water partition coefficient (Wildman–Crippen LogP) is 1.18. The number of benzene rings is 1. The minimum atomic E-state index is -0.236. The molecule has 0 aliphatic carbocycles. The molecule has 0 fully saturated rings. The van der Waals surface area contributed by atoms with Gasteiger partial charge < -0.3 is 10.3 Å². The molecule has 0 saturated carbocycles. The summed E-state index contributed by atoms with van der Waals surface area (Å²) < 4.78 is 3.25. The van der Waals surface area contributed by atoms with Gasteiger partial charge in [0.05, 0.1) is 16.7 Å². The zero-order valence-electron chi connectivity index (χ0n) is 12.2. The van der Waals surface area contributed by atoms with E-state index >= 15 is 0 Å². The highest BCUT2D eigenvalue weighted by molar-refractivity contribution is 7.98. The van der Waals surface area contributed by atoms with E-state index in [9.17, 15) is 4.79 Å². The molecule has 0 saturated heterocycles. The van der Waals surface area contributed by atoms with Gasteiger partial charge in [-0.1, -0.05) is 23.9 Å². The van der Waals surface area contributed by atoms with E-state index in [1.165, 1.54) is 22.3 Å².